The monoisotopic (exact) mass is 441 g/mol. The molecule has 154 valence electrons. The van der Waals surface area contributed by atoms with E-state index in [0.717, 1.165) is 11.1 Å². The summed E-state index contributed by atoms with van der Waals surface area (Å²) in [6.07, 6.45) is 2.47. The first-order valence-electron chi connectivity index (χ1n) is 9.20. The summed E-state index contributed by atoms with van der Waals surface area (Å²) in [6.45, 7) is 2.35. The van der Waals surface area contributed by atoms with E-state index < -0.39 is 4.92 Å². The van der Waals surface area contributed by atoms with Gasteiger partial charge in [-0.1, -0.05) is 53.8 Å². The summed E-state index contributed by atoms with van der Waals surface area (Å²) in [5, 5.41) is 13.4. The minimum Gasteiger partial charge on any atom is -0.326 e. The minimum absolute atomic E-state index is 0.0407. The quantitative estimate of drug-likeness (QED) is 0.294. The van der Waals surface area contributed by atoms with Crippen molar-refractivity contribution in [3.8, 4) is 0 Å². The van der Waals surface area contributed by atoms with Gasteiger partial charge in [0.2, 0.25) is 5.91 Å². The molecule has 1 saturated heterocycles. The Labute approximate surface area is 183 Å². The lowest BCUT2D eigenvalue weighted by Gasteiger charge is -2.14. The number of hydrogen-bond donors (Lipinski definition) is 1. The summed E-state index contributed by atoms with van der Waals surface area (Å²) in [5.41, 5.74) is 2.52. The van der Waals surface area contributed by atoms with Gasteiger partial charge in [0.1, 0.15) is 4.32 Å². The van der Waals surface area contributed by atoms with Gasteiger partial charge in [0, 0.05) is 30.8 Å². The molecule has 2 aromatic rings. The molecule has 3 rings (SSSR count). The number of aryl methyl sites for hydroxylation is 1. The molecule has 9 heteroatoms. The fourth-order valence-electron chi connectivity index (χ4n) is 2.79. The maximum atomic E-state index is 12.6. The number of non-ortho nitro benzene ring substituents is 1. The highest BCUT2D eigenvalue weighted by Crippen LogP contribution is 2.32. The molecule has 1 N–H and O–H groups in total. The predicted molar refractivity (Wildman–Crippen MR) is 122 cm³/mol. The standard InChI is InChI=1S/C21H19N3O4S2/c1-14-4-6-15(7-5-14)13-18-20(26)23(21(29)30-18)12-2-3-19(25)22-16-8-10-17(11-9-16)24(27)28/h4-11,13H,2-3,12H2,1H3,(H,22,25)/b18-13+. The van der Waals surface area contributed by atoms with Gasteiger partial charge in [-0.2, -0.15) is 0 Å². The van der Waals surface area contributed by atoms with E-state index in [0.29, 0.717) is 27.9 Å². The number of nitrogens with zero attached hydrogens (tertiary/aromatic N) is 2. The zero-order valence-electron chi connectivity index (χ0n) is 16.2. The second-order valence-electron chi connectivity index (χ2n) is 6.70. The molecule has 0 aliphatic carbocycles. The smallest absolute Gasteiger partial charge is 0.269 e. The molecular weight excluding hydrogens is 422 g/mol. The van der Waals surface area contributed by atoms with Crippen LogP contribution >= 0.6 is 24.0 Å². The van der Waals surface area contributed by atoms with Crippen LogP contribution in [-0.2, 0) is 9.59 Å². The number of nitro groups is 1. The average Bonchev–Trinajstić information content (AvgIpc) is 2.97. The summed E-state index contributed by atoms with van der Waals surface area (Å²) >= 11 is 6.58. The topological polar surface area (TPSA) is 92.6 Å². The molecule has 0 atom stereocenters. The summed E-state index contributed by atoms with van der Waals surface area (Å²) in [7, 11) is 0. The third-order valence-corrected chi connectivity index (χ3v) is 5.77. The number of anilines is 1. The Morgan fingerprint density at radius 3 is 2.50 bits per heavy atom. The van der Waals surface area contributed by atoms with Crippen LogP contribution in [0.15, 0.2) is 53.4 Å². The molecule has 1 aliphatic rings. The maximum absolute atomic E-state index is 12.6. The van der Waals surface area contributed by atoms with Gasteiger partial charge in [0.25, 0.3) is 11.6 Å². The van der Waals surface area contributed by atoms with E-state index in [1.807, 2.05) is 37.3 Å². The molecule has 0 bridgehead atoms. The van der Waals surface area contributed by atoms with Crippen molar-refractivity contribution in [3.63, 3.8) is 0 Å². The highest BCUT2D eigenvalue weighted by molar-refractivity contribution is 8.26. The number of benzene rings is 2. The number of amides is 2. The highest BCUT2D eigenvalue weighted by Gasteiger charge is 2.31. The Hall–Kier alpha value is -3.04. The SMILES string of the molecule is Cc1ccc(/C=C2/SC(=S)N(CCCC(=O)Nc3ccc([N+](=O)[O-])cc3)C2=O)cc1. The first kappa shape index (κ1) is 21.7. The first-order chi connectivity index (χ1) is 14.3. The molecule has 1 aliphatic heterocycles. The van der Waals surface area contributed by atoms with Gasteiger partial charge in [-0.05, 0) is 37.1 Å². The Kier molecular flexibility index (Phi) is 6.96. The van der Waals surface area contributed by atoms with E-state index in [4.69, 9.17) is 12.2 Å². The van der Waals surface area contributed by atoms with Gasteiger partial charge >= 0.3 is 0 Å². The van der Waals surface area contributed by atoms with Crippen molar-refractivity contribution in [2.45, 2.75) is 19.8 Å². The molecule has 0 aromatic heterocycles. The number of thiocarbonyl (C=S) groups is 1. The lowest BCUT2D eigenvalue weighted by atomic mass is 10.1. The van der Waals surface area contributed by atoms with Gasteiger partial charge in [-0.15, -0.1) is 0 Å². The van der Waals surface area contributed by atoms with Crippen LogP contribution in [0.25, 0.3) is 6.08 Å². The van der Waals surface area contributed by atoms with Crippen molar-refractivity contribution >= 4 is 57.6 Å². The number of rotatable bonds is 7. The normalized spacial score (nSPS) is 15.0. The van der Waals surface area contributed by atoms with Crippen LogP contribution in [0.2, 0.25) is 0 Å². The second kappa shape index (κ2) is 9.64. The molecule has 2 aromatic carbocycles. The summed E-state index contributed by atoms with van der Waals surface area (Å²) in [4.78, 5) is 37.0. The van der Waals surface area contributed by atoms with Crippen molar-refractivity contribution in [2.75, 3.05) is 11.9 Å². The van der Waals surface area contributed by atoms with Crippen molar-refractivity contribution in [2.24, 2.45) is 0 Å². The van der Waals surface area contributed by atoms with Crippen LogP contribution in [0.4, 0.5) is 11.4 Å². The fourth-order valence-corrected chi connectivity index (χ4v) is 4.10. The van der Waals surface area contributed by atoms with E-state index in [-0.39, 0.29) is 23.9 Å². The van der Waals surface area contributed by atoms with Crippen molar-refractivity contribution in [3.05, 3.63) is 74.7 Å². The Balaban J connectivity index is 1.51. The van der Waals surface area contributed by atoms with Gasteiger partial charge in [-0.3, -0.25) is 24.6 Å². The van der Waals surface area contributed by atoms with Crippen LogP contribution in [0, 0.1) is 17.0 Å². The summed E-state index contributed by atoms with van der Waals surface area (Å²) < 4.78 is 0.481. The van der Waals surface area contributed by atoms with E-state index in [9.17, 15) is 19.7 Å². The Morgan fingerprint density at radius 1 is 1.20 bits per heavy atom. The van der Waals surface area contributed by atoms with E-state index in [1.54, 1.807) is 0 Å². The van der Waals surface area contributed by atoms with E-state index in [2.05, 4.69) is 5.32 Å². The Bertz CT molecular complexity index is 1020. The highest BCUT2D eigenvalue weighted by atomic mass is 32.2. The Morgan fingerprint density at radius 2 is 1.87 bits per heavy atom. The van der Waals surface area contributed by atoms with Gasteiger partial charge in [0.05, 0.1) is 9.83 Å². The lowest BCUT2D eigenvalue weighted by molar-refractivity contribution is -0.384. The molecule has 1 heterocycles. The molecule has 2 amide bonds. The number of thioether (sulfide) groups is 1. The van der Waals surface area contributed by atoms with Crippen LogP contribution in [0.5, 0.6) is 0 Å². The van der Waals surface area contributed by atoms with Gasteiger partial charge < -0.3 is 5.32 Å². The van der Waals surface area contributed by atoms with Gasteiger partial charge in [0.15, 0.2) is 0 Å². The third kappa shape index (κ3) is 5.52. The van der Waals surface area contributed by atoms with Crippen LogP contribution < -0.4 is 5.32 Å². The van der Waals surface area contributed by atoms with Crippen molar-refractivity contribution in [1.29, 1.82) is 0 Å². The molecular formula is C21H19N3O4S2. The molecule has 0 unspecified atom stereocenters. The zero-order valence-corrected chi connectivity index (χ0v) is 17.8. The van der Waals surface area contributed by atoms with Crippen LogP contribution in [-0.4, -0.2) is 32.5 Å². The zero-order chi connectivity index (χ0) is 21.7. The number of carbonyl (C=O) groups is 2. The minimum atomic E-state index is -0.499. The molecule has 0 radical (unpaired) electrons. The molecule has 0 spiro atoms. The van der Waals surface area contributed by atoms with Crippen molar-refractivity contribution < 1.29 is 14.5 Å². The number of carbonyl (C=O) groups excluding carboxylic acids is 2. The van der Waals surface area contributed by atoms with E-state index in [1.165, 1.54) is 40.9 Å². The maximum Gasteiger partial charge on any atom is 0.269 e. The van der Waals surface area contributed by atoms with Gasteiger partial charge in [-0.25, -0.2) is 0 Å². The van der Waals surface area contributed by atoms with Crippen molar-refractivity contribution in [1.82, 2.24) is 4.90 Å². The summed E-state index contributed by atoms with van der Waals surface area (Å²) in [5.74, 6) is -0.383. The van der Waals surface area contributed by atoms with E-state index >= 15 is 0 Å². The number of hydrogen-bond acceptors (Lipinski definition) is 6. The molecule has 7 nitrogen and oxygen atoms in total. The third-order valence-electron chi connectivity index (χ3n) is 4.40. The van der Waals surface area contributed by atoms with Crippen LogP contribution in [0.3, 0.4) is 0 Å². The largest absolute Gasteiger partial charge is 0.326 e. The average molecular weight is 442 g/mol. The molecule has 0 saturated carbocycles. The molecule has 1 fully saturated rings. The lowest BCUT2D eigenvalue weighted by Crippen LogP contribution is -2.29. The second-order valence-corrected chi connectivity index (χ2v) is 8.38. The molecule has 30 heavy (non-hydrogen) atoms. The first-order valence-corrected chi connectivity index (χ1v) is 10.4. The van der Waals surface area contributed by atoms with Crippen LogP contribution in [0.1, 0.15) is 24.0 Å². The fraction of sp³-hybridized carbons (Fsp3) is 0.190. The number of nitrogens with one attached hydrogen (secondary N) is 1. The number of nitro benzene ring substituents is 1. The predicted octanol–water partition coefficient (Wildman–Crippen LogP) is 4.52. The summed E-state index contributed by atoms with van der Waals surface area (Å²) in [6, 6.07) is 13.5.